The van der Waals surface area contributed by atoms with Crippen LogP contribution in [-0.2, 0) is 0 Å². The largest absolute Gasteiger partial charge is 0.326 e. The van der Waals surface area contributed by atoms with E-state index in [0.717, 1.165) is 25.4 Å². The third-order valence-corrected chi connectivity index (χ3v) is 5.56. The van der Waals surface area contributed by atoms with Gasteiger partial charge in [0.25, 0.3) is 0 Å². The normalized spacial score (nSPS) is 16.6. The Labute approximate surface area is 130 Å². The van der Waals surface area contributed by atoms with Gasteiger partial charge >= 0.3 is 0 Å². The SMILES string of the molecule is CCC(C)CN(CC)C(c1cc(Br)cs1)C(N)CC. The van der Waals surface area contributed by atoms with E-state index in [0.29, 0.717) is 6.04 Å². The van der Waals surface area contributed by atoms with E-state index in [1.807, 2.05) is 11.3 Å². The van der Waals surface area contributed by atoms with E-state index < -0.39 is 0 Å². The lowest BCUT2D eigenvalue weighted by atomic mass is 10.0. The summed E-state index contributed by atoms with van der Waals surface area (Å²) < 4.78 is 1.17. The van der Waals surface area contributed by atoms with Gasteiger partial charge in [0, 0.05) is 27.3 Å². The van der Waals surface area contributed by atoms with Gasteiger partial charge in [-0.05, 0) is 40.9 Å². The lowest BCUT2D eigenvalue weighted by molar-refractivity contribution is 0.156. The highest BCUT2D eigenvalue weighted by Gasteiger charge is 2.26. The van der Waals surface area contributed by atoms with Crippen LogP contribution < -0.4 is 5.73 Å². The van der Waals surface area contributed by atoms with E-state index in [2.05, 4.69) is 60.0 Å². The Morgan fingerprint density at radius 2 is 2.00 bits per heavy atom. The molecular formula is C15H27BrN2S. The second kappa shape index (κ2) is 8.40. The molecule has 0 spiro atoms. The van der Waals surface area contributed by atoms with Crippen LogP contribution in [0.25, 0.3) is 0 Å². The van der Waals surface area contributed by atoms with Crippen molar-refractivity contribution >= 4 is 27.3 Å². The first-order chi connectivity index (χ1) is 9.03. The molecule has 0 bridgehead atoms. The smallest absolute Gasteiger partial charge is 0.0593 e. The van der Waals surface area contributed by atoms with Gasteiger partial charge in [-0.25, -0.2) is 0 Å². The van der Waals surface area contributed by atoms with Crippen molar-refractivity contribution in [1.29, 1.82) is 0 Å². The van der Waals surface area contributed by atoms with E-state index in [4.69, 9.17) is 5.73 Å². The minimum atomic E-state index is 0.203. The van der Waals surface area contributed by atoms with Crippen LogP contribution >= 0.6 is 27.3 Å². The van der Waals surface area contributed by atoms with Gasteiger partial charge in [-0.15, -0.1) is 11.3 Å². The van der Waals surface area contributed by atoms with Gasteiger partial charge in [0.2, 0.25) is 0 Å². The Morgan fingerprint density at radius 3 is 2.42 bits per heavy atom. The van der Waals surface area contributed by atoms with E-state index in [1.165, 1.54) is 15.8 Å². The van der Waals surface area contributed by atoms with Gasteiger partial charge in [0.05, 0.1) is 6.04 Å². The van der Waals surface area contributed by atoms with Crippen LogP contribution in [0.1, 0.15) is 51.5 Å². The lowest BCUT2D eigenvalue weighted by Gasteiger charge is -2.35. The molecule has 2 nitrogen and oxygen atoms in total. The van der Waals surface area contributed by atoms with Crippen molar-refractivity contribution in [3.63, 3.8) is 0 Å². The fraction of sp³-hybridized carbons (Fsp3) is 0.733. The highest BCUT2D eigenvalue weighted by molar-refractivity contribution is 9.10. The molecule has 0 amide bonds. The summed E-state index contributed by atoms with van der Waals surface area (Å²) in [4.78, 5) is 3.92. The number of thiophene rings is 1. The zero-order chi connectivity index (χ0) is 14.4. The molecule has 0 aliphatic rings. The predicted octanol–water partition coefficient (Wildman–Crippen LogP) is 4.66. The summed E-state index contributed by atoms with van der Waals surface area (Å²) >= 11 is 5.37. The van der Waals surface area contributed by atoms with Crippen LogP contribution in [0.2, 0.25) is 0 Å². The molecule has 2 N–H and O–H groups in total. The molecule has 0 radical (unpaired) electrons. The molecule has 1 aromatic heterocycles. The first-order valence-corrected chi connectivity index (χ1v) is 8.94. The minimum absolute atomic E-state index is 0.203. The van der Waals surface area contributed by atoms with E-state index in [9.17, 15) is 0 Å². The first kappa shape index (κ1) is 17.2. The van der Waals surface area contributed by atoms with Crippen molar-refractivity contribution in [1.82, 2.24) is 4.90 Å². The van der Waals surface area contributed by atoms with Crippen molar-refractivity contribution < 1.29 is 0 Å². The zero-order valence-corrected chi connectivity index (χ0v) is 14.9. The molecular weight excluding hydrogens is 320 g/mol. The van der Waals surface area contributed by atoms with E-state index in [1.54, 1.807) is 0 Å². The van der Waals surface area contributed by atoms with Crippen molar-refractivity contribution in [2.75, 3.05) is 13.1 Å². The molecule has 1 aromatic rings. The van der Waals surface area contributed by atoms with Crippen molar-refractivity contribution in [2.45, 2.75) is 52.6 Å². The number of hydrogen-bond acceptors (Lipinski definition) is 3. The number of nitrogens with zero attached hydrogens (tertiary/aromatic N) is 1. The molecule has 110 valence electrons. The molecule has 0 fully saturated rings. The third kappa shape index (κ3) is 4.85. The minimum Gasteiger partial charge on any atom is -0.326 e. The van der Waals surface area contributed by atoms with Gasteiger partial charge < -0.3 is 5.73 Å². The topological polar surface area (TPSA) is 29.3 Å². The molecule has 0 aliphatic heterocycles. The van der Waals surface area contributed by atoms with Crippen molar-refractivity contribution in [2.24, 2.45) is 11.7 Å². The average molecular weight is 347 g/mol. The number of rotatable bonds is 8. The van der Waals surface area contributed by atoms with Gasteiger partial charge in [-0.2, -0.15) is 0 Å². The maximum atomic E-state index is 6.40. The molecule has 3 unspecified atom stereocenters. The van der Waals surface area contributed by atoms with Crippen LogP contribution in [0.15, 0.2) is 15.9 Å². The number of halogens is 1. The Kier molecular flexibility index (Phi) is 7.58. The van der Waals surface area contributed by atoms with Gasteiger partial charge in [0.1, 0.15) is 0 Å². The van der Waals surface area contributed by atoms with Crippen molar-refractivity contribution in [3.8, 4) is 0 Å². The van der Waals surface area contributed by atoms with Gasteiger partial charge in [0.15, 0.2) is 0 Å². The summed E-state index contributed by atoms with van der Waals surface area (Å²) in [6.07, 6.45) is 2.23. The quantitative estimate of drug-likeness (QED) is 0.741. The van der Waals surface area contributed by atoms with Gasteiger partial charge in [-0.3, -0.25) is 4.90 Å². The van der Waals surface area contributed by atoms with Crippen LogP contribution in [-0.4, -0.2) is 24.0 Å². The monoisotopic (exact) mass is 346 g/mol. The Hall–Kier alpha value is 0.1000. The molecule has 0 saturated carbocycles. The fourth-order valence-corrected chi connectivity index (χ4v) is 3.99. The summed E-state index contributed by atoms with van der Waals surface area (Å²) in [6, 6.07) is 2.78. The maximum absolute atomic E-state index is 6.40. The molecule has 0 saturated heterocycles. The fourth-order valence-electron chi connectivity index (χ4n) is 2.34. The number of hydrogen-bond donors (Lipinski definition) is 1. The zero-order valence-electron chi connectivity index (χ0n) is 12.5. The standard InChI is InChI=1S/C15H27BrN2S/c1-5-11(4)9-18(7-3)15(13(17)6-2)14-8-12(16)10-19-14/h8,10-11,13,15H,5-7,9,17H2,1-4H3. The van der Waals surface area contributed by atoms with Gasteiger partial charge in [-0.1, -0.05) is 34.1 Å². The van der Waals surface area contributed by atoms with E-state index in [-0.39, 0.29) is 6.04 Å². The molecule has 1 rings (SSSR count). The third-order valence-electron chi connectivity index (χ3n) is 3.80. The lowest BCUT2D eigenvalue weighted by Crippen LogP contribution is -2.42. The number of likely N-dealkylation sites (N-methyl/N-ethyl adjacent to an activating group) is 1. The Bertz CT molecular complexity index is 367. The molecule has 0 aliphatic carbocycles. The summed E-state index contributed by atoms with van der Waals surface area (Å²) in [5.41, 5.74) is 6.40. The number of nitrogens with two attached hydrogens (primary N) is 1. The van der Waals surface area contributed by atoms with Crippen LogP contribution in [0.4, 0.5) is 0 Å². The van der Waals surface area contributed by atoms with Crippen LogP contribution in [0.3, 0.4) is 0 Å². The average Bonchev–Trinajstić information content (AvgIpc) is 2.83. The summed E-state index contributed by atoms with van der Waals surface area (Å²) in [5.74, 6) is 0.718. The van der Waals surface area contributed by atoms with E-state index >= 15 is 0 Å². The Balaban J connectivity index is 2.94. The van der Waals surface area contributed by atoms with Crippen LogP contribution in [0, 0.1) is 5.92 Å². The highest BCUT2D eigenvalue weighted by Crippen LogP contribution is 2.32. The second-order valence-electron chi connectivity index (χ2n) is 5.29. The van der Waals surface area contributed by atoms with Crippen molar-refractivity contribution in [3.05, 3.63) is 20.8 Å². The summed E-state index contributed by atoms with van der Waals surface area (Å²) in [7, 11) is 0. The molecule has 1 heterocycles. The second-order valence-corrected chi connectivity index (χ2v) is 7.14. The molecule has 3 atom stereocenters. The van der Waals surface area contributed by atoms with Crippen LogP contribution in [0.5, 0.6) is 0 Å². The summed E-state index contributed by atoms with van der Waals surface area (Å²) in [5, 5.41) is 2.15. The highest BCUT2D eigenvalue weighted by atomic mass is 79.9. The Morgan fingerprint density at radius 1 is 1.32 bits per heavy atom. The molecule has 0 aromatic carbocycles. The maximum Gasteiger partial charge on any atom is 0.0593 e. The first-order valence-electron chi connectivity index (χ1n) is 7.26. The molecule has 4 heteroatoms. The molecule has 19 heavy (non-hydrogen) atoms. The summed E-state index contributed by atoms with van der Waals surface area (Å²) in [6.45, 7) is 11.2. The predicted molar refractivity (Wildman–Crippen MR) is 89.7 cm³/mol.